The van der Waals surface area contributed by atoms with Gasteiger partial charge in [-0.1, -0.05) is 52.0 Å². The van der Waals surface area contributed by atoms with E-state index in [0.717, 1.165) is 91.1 Å². The minimum absolute atomic E-state index is 0.116. The molecule has 0 saturated carbocycles. The van der Waals surface area contributed by atoms with Gasteiger partial charge in [0.05, 0.1) is 50.1 Å². The number of carbonyl (C=O) groups excluding carboxylic acids is 4. The molecule has 6 aromatic rings. The van der Waals surface area contributed by atoms with E-state index in [-0.39, 0.29) is 35.7 Å². The van der Waals surface area contributed by atoms with Crippen molar-refractivity contribution >= 4 is 66.8 Å². The van der Waals surface area contributed by atoms with Gasteiger partial charge in [-0.25, -0.2) is 19.6 Å². The van der Waals surface area contributed by atoms with E-state index in [1.165, 1.54) is 14.2 Å². The number of ether oxygens (including phenoxy) is 2. The fraction of sp³-hybridized carbons (Fsp3) is 0.409. The van der Waals surface area contributed by atoms with Crippen molar-refractivity contribution in [1.29, 1.82) is 0 Å². The van der Waals surface area contributed by atoms with E-state index in [1.54, 1.807) is 22.7 Å². The van der Waals surface area contributed by atoms with E-state index in [1.807, 2.05) is 49.9 Å². The molecule has 0 radical (unpaired) electrons. The van der Waals surface area contributed by atoms with Crippen molar-refractivity contribution in [3.8, 4) is 33.6 Å². The summed E-state index contributed by atoms with van der Waals surface area (Å²) in [5.74, 6) is 0.940. The highest BCUT2D eigenvalue weighted by molar-refractivity contribution is 7.18. The molecular weight excluding hydrogens is 801 g/mol. The molecule has 2 fully saturated rings. The number of amides is 4. The van der Waals surface area contributed by atoms with E-state index in [9.17, 15) is 19.2 Å². The van der Waals surface area contributed by atoms with E-state index >= 15 is 0 Å². The molecule has 4 aromatic heterocycles. The number of H-pyrrole nitrogens is 2. The van der Waals surface area contributed by atoms with E-state index < -0.39 is 24.3 Å². The van der Waals surface area contributed by atoms with Crippen LogP contribution in [0.2, 0.25) is 0 Å². The molecule has 0 unspecified atom stereocenters. The number of aromatic amines is 2. The Morgan fingerprint density at radius 2 is 1.08 bits per heavy atom. The number of imidazole rings is 2. The summed E-state index contributed by atoms with van der Waals surface area (Å²) in [5.41, 5.74) is 6.08. The normalized spacial score (nSPS) is 17.8. The molecule has 0 aliphatic carbocycles. The Labute approximate surface area is 356 Å². The minimum Gasteiger partial charge on any atom is -0.453 e. The van der Waals surface area contributed by atoms with Gasteiger partial charge in [0.2, 0.25) is 11.8 Å². The lowest BCUT2D eigenvalue weighted by atomic mass is 9.96. The van der Waals surface area contributed by atoms with Crippen molar-refractivity contribution in [2.45, 2.75) is 77.5 Å². The van der Waals surface area contributed by atoms with Gasteiger partial charge in [-0.2, -0.15) is 0 Å². The number of hydrogen-bond acceptors (Lipinski definition) is 10. The van der Waals surface area contributed by atoms with Crippen molar-refractivity contribution in [3.63, 3.8) is 0 Å². The molecule has 2 saturated heterocycles. The molecule has 14 nitrogen and oxygen atoms in total. The summed E-state index contributed by atoms with van der Waals surface area (Å²) in [6.45, 7) is 8.81. The SMILES string of the molecule is COC(=O)N[C@H](C(=O)N1CCC[C@H]1c1ncc(-c2ccc(-c3ccc(-c4cnc([C@@H]5CCCN5C(=O)[C@@H](NC(=O)OC)C(C)C)[nH]4)c4sccc34)c3sccc23)[nH]1)C(C)C. The molecule has 60 heavy (non-hydrogen) atoms. The summed E-state index contributed by atoms with van der Waals surface area (Å²) < 4.78 is 11.9. The molecule has 6 heterocycles. The van der Waals surface area contributed by atoms with Crippen LogP contribution in [0.3, 0.4) is 0 Å². The first-order valence-corrected chi connectivity index (χ1v) is 22.2. The number of methoxy groups -OCH3 is 2. The number of alkyl carbamates (subject to hydrolysis) is 2. The highest BCUT2D eigenvalue weighted by atomic mass is 32.1. The van der Waals surface area contributed by atoms with Crippen LogP contribution in [0, 0.1) is 11.8 Å². The Bertz CT molecular complexity index is 2380. The van der Waals surface area contributed by atoms with Crippen molar-refractivity contribution in [3.05, 3.63) is 71.2 Å². The van der Waals surface area contributed by atoms with Gasteiger partial charge in [0.25, 0.3) is 0 Å². The second-order valence-corrected chi connectivity index (χ2v) is 17.9. The molecule has 2 aliphatic heterocycles. The number of aromatic nitrogens is 4. The van der Waals surface area contributed by atoms with Crippen molar-refractivity contribution < 1.29 is 28.7 Å². The van der Waals surface area contributed by atoms with Crippen LogP contribution in [0.5, 0.6) is 0 Å². The topological polar surface area (TPSA) is 175 Å². The van der Waals surface area contributed by atoms with Gasteiger partial charge in [0.15, 0.2) is 0 Å². The van der Waals surface area contributed by atoms with Crippen LogP contribution in [-0.2, 0) is 19.1 Å². The van der Waals surface area contributed by atoms with Gasteiger partial charge in [0.1, 0.15) is 23.7 Å². The standard InChI is InChI=1S/C44H50N8O6S2/c1-23(2)35(49-43(55)57-5)41(53)51-17-7-9-33(51)39-45-21-31(47-39)26-12-13-27(37-29(26)16-20-59-37)25-11-14-30(38-28(25)15-19-60-38)32-22-46-40(48-32)34-10-8-18-52(34)42(54)36(24(3)4)50-44(56)58-6/h11-16,19-24,33-36H,7-10,17-18H2,1-6H3,(H,45,47)(H,46,48)(H,49,55)(H,50,56)/t33-,34-,35-,36-/m0/s1. The lowest BCUT2D eigenvalue weighted by Crippen LogP contribution is -2.51. The molecule has 8 rings (SSSR count). The lowest BCUT2D eigenvalue weighted by molar-refractivity contribution is -0.136. The van der Waals surface area contributed by atoms with Crippen LogP contribution in [0.4, 0.5) is 9.59 Å². The molecule has 314 valence electrons. The molecule has 2 aliphatic rings. The number of rotatable bonds is 11. The van der Waals surface area contributed by atoms with Crippen LogP contribution >= 0.6 is 22.7 Å². The Morgan fingerprint density at radius 1 is 0.650 bits per heavy atom. The number of nitrogens with zero attached hydrogens (tertiary/aromatic N) is 4. The second-order valence-electron chi connectivity index (χ2n) is 16.1. The molecule has 16 heteroatoms. The third-order valence-electron chi connectivity index (χ3n) is 11.8. The number of nitrogens with one attached hydrogen (secondary N) is 4. The first-order valence-electron chi connectivity index (χ1n) is 20.4. The number of fused-ring (bicyclic) bond motifs is 2. The molecule has 4 atom stereocenters. The van der Waals surface area contributed by atoms with Gasteiger partial charge in [0, 0.05) is 50.0 Å². The third kappa shape index (κ3) is 7.62. The quantitative estimate of drug-likeness (QED) is 0.100. The van der Waals surface area contributed by atoms with E-state index in [2.05, 4.69) is 67.8 Å². The smallest absolute Gasteiger partial charge is 0.407 e. The van der Waals surface area contributed by atoms with Crippen LogP contribution in [0.1, 0.15) is 77.1 Å². The van der Waals surface area contributed by atoms with Gasteiger partial charge >= 0.3 is 12.2 Å². The molecule has 4 N–H and O–H groups in total. The second kappa shape index (κ2) is 17.1. The fourth-order valence-electron chi connectivity index (χ4n) is 8.69. The summed E-state index contributed by atoms with van der Waals surface area (Å²) in [6, 6.07) is 11.1. The lowest BCUT2D eigenvalue weighted by Gasteiger charge is -2.30. The Morgan fingerprint density at radius 3 is 1.58 bits per heavy atom. The fourth-order valence-corrected chi connectivity index (χ4v) is 10.6. The first kappa shape index (κ1) is 41.0. The highest BCUT2D eigenvalue weighted by Crippen LogP contribution is 2.44. The van der Waals surface area contributed by atoms with E-state index in [0.29, 0.717) is 13.1 Å². The average Bonchev–Trinajstić information content (AvgIpc) is 4.10. The zero-order chi connectivity index (χ0) is 42.2. The molecule has 0 bridgehead atoms. The number of benzene rings is 2. The van der Waals surface area contributed by atoms with E-state index in [4.69, 9.17) is 19.4 Å². The maximum atomic E-state index is 13.7. The zero-order valence-electron chi connectivity index (χ0n) is 34.5. The van der Waals surface area contributed by atoms with Gasteiger partial charge in [-0.3, -0.25) is 9.59 Å². The van der Waals surface area contributed by atoms with Crippen molar-refractivity contribution in [1.82, 2.24) is 40.4 Å². The molecular formula is C44H50N8O6S2. The summed E-state index contributed by atoms with van der Waals surface area (Å²) in [4.78, 5) is 72.0. The first-order chi connectivity index (χ1) is 29.0. The largest absolute Gasteiger partial charge is 0.453 e. The van der Waals surface area contributed by atoms with Crippen LogP contribution in [0.15, 0.2) is 59.6 Å². The van der Waals surface area contributed by atoms with Gasteiger partial charge < -0.3 is 39.9 Å². The number of likely N-dealkylation sites (tertiary alicyclic amines) is 2. The zero-order valence-corrected chi connectivity index (χ0v) is 36.2. The minimum atomic E-state index is -0.701. The van der Waals surface area contributed by atoms with Gasteiger partial charge in [-0.15, -0.1) is 22.7 Å². The predicted octanol–water partition coefficient (Wildman–Crippen LogP) is 8.65. The molecule has 4 amide bonds. The summed E-state index contributed by atoms with van der Waals surface area (Å²) >= 11 is 3.38. The number of carbonyl (C=O) groups is 4. The van der Waals surface area contributed by atoms with Gasteiger partial charge in [-0.05, 0) is 66.0 Å². The predicted molar refractivity (Wildman–Crippen MR) is 234 cm³/mol. The van der Waals surface area contributed by atoms with Crippen LogP contribution < -0.4 is 10.6 Å². The Hall–Kier alpha value is -5.74. The Kier molecular flexibility index (Phi) is 11.7. The molecule has 2 aromatic carbocycles. The average molecular weight is 851 g/mol. The summed E-state index contributed by atoms with van der Waals surface area (Å²) in [5, 5.41) is 11.9. The van der Waals surface area contributed by atoms with Crippen molar-refractivity contribution in [2.75, 3.05) is 27.3 Å². The Balaban J connectivity index is 1.05. The highest BCUT2D eigenvalue weighted by Gasteiger charge is 2.39. The van der Waals surface area contributed by atoms with Crippen molar-refractivity contribution in [2.24, 2.45) is 11.8 Å². The monoisotopic (exact) mass is 850 g/mol. The third-order valence-corrected chi connectivity index (χ3v) is 13.7. The number of thiophene rings is 2. The maximum Gasteiger partial charge on any atom is 0.407 e. The summed E-state index contributed by atoms with van der Waals surface area (Å²) in [7, 11) is 2.59. The maximum absolute atomic E-state index is 13.7. The van der Waals surface area contributed by atoms with Crippen LogP contribution in [0.25, 0.3) is 53.8 Å². The molecule has 0 spiro atoms. The summed E-state index contributed by atoms with van der Waals surface area (Å²) in [6.07, 6.45) is 5.68. The number of hydrogen-bond donors (Lipinski definition) is 4. The van der Waals surface area contributed by atoms with Crippen LogP contribution in [-0.4, -0.2) is 93.1 Å².